The van der Waals surface area contributed by atoms with E-state index in [1.165, 1.54) is 0 Å². The molecule has 1 aromatic rings. The molecule has 0 aliphatic carbocycles. The Kier molecular flexibility index (Phi) is 4.34. The van der Waals surface area contributed by atoms with E-state index in [2.05, 4.69) is 0 Å². The lowest BCUT2D eigenvalue weighted by molar-refractivity contribution is -0.121. The van der Waals surface area contributed by atoms with Crippen molar-refractivity contribution in [2.24, 2.45) is 0 Å². The molecule has 110 valence electrons. The third-order valence-corrected chi connectivity index (χ3v) is 4.28. The van der Waals surface area contributed by atoms with Crippen molar-refractivity contribution < 1.29 is 26.7 Å². The molecule has 1 aliphatic heterocycles. The number of rotatable bonds is 4. The zero-order chi connectivity index (χ0) is 14.8. The average Bonchev–Trinajstić information content (AvgIpc) is 2.79. The van der Waals surface area contributed by atoms with Crippen LogP contribution >= 0.6 is 0 Å². The molecule has 8 heteroatoms. The summed E-state index contributed by atoms with van der Waals surface area (Å²) in [6.07, 6.45) is 1.07. The van der Waals surface area contributed by atoms with E-state index in [0.717, 1.165) is 18.6 Å². The van der Waals surface area contributed by atoms with Gasteiger partial charge in [-0.25, -0.2) is 21.9 Å². The minimum Gasteiger partial charge on any atom is -0.378 e. The molecule has 0 saturated carbocycles. The smallest absolute Gasteiger partial charge is 0.266 e. The molecule has 0 spiro atoms. The van der Waals surface area contributed by atoms with Crippen LogP contribution in [0.5, 0.6) is 0 Å². The lowest BCUT2D eigenvalue weighted by atomic mass is 10.2. The average molecular weight is 305 g/mol. The maximum absolute atomic E-state index is 13.4. The molecule has 1 aromatic carbocycles. The highest BCUT2D eigenvalue weighted by molar-refractivity contribution is 7.90. The zero-order valence-electron chi connectivity index (χ0n) is 10.4. The second-order valence-corrected chi connectivity index (χ2v) is 6.09. The molecule has 1 aliphatic rings. The Bertz CT molecular complexity index is 612. The maximum Gasteiger partial charge on any atom is 0.266 e. The van der Waals surface area contributed by atoms with Crippen LogP contribution in [-0.4, -0.2) is 27.0 Å². The number of amides is 1. The van der Waals surface area contributed by atoms with Gasteiger partial charge >= 0.3 is 0 Å². The van der Waals surface area contributed by atoms with Gasteiger partial charge in [0.2, 0.25) is 5.91 Å². The molecular weight excluding hydrogens is 292 g/mol. The van der Waals surface area contributed by atoms with Gasteiger partial charge in [0, 0.05) is 12.7 Å². The van der Waals surface area contributed by atoms with E-state index in [0.29, 0.717) is 19.1 Å². The summed E-state index contributed by atoms with van der Waals surface area (Å²) in [5.41, 5.74) is 0. The highest BCUT2D eigenvalue weighted by atomic mass is 32.2. The summed E-state index contributed by atoms with van der Waals surface area (Å²) >= 11 is 0. The van der Waals surface area contributed by atoms with Crippen molar-refractivity contribution in [3.05, 3.63) is 29.8 Å². The Labute approximate surface area is 115 Å². The molecule has 1 heterocycles. The minimum absolute atomic E-state index is 0.109. The normalized spacial score (nSPS) is 19.0. The first kappa shape index (κ1) is 14.9. The standard InChI is InChI=1S/C12H13F2NO4S/c13-8-3-4-11(10(14)6-8)20(17,18)15-12(16)7-9-2-1-5-19-9/h3-4,6,9H,1-2,5,7H2,(H,15,16)/t9-/m0/s1. The summed E-state index contributed by atoms with van der Waals surface area (Å²) in [6.45, 7) is 0.539. The van der Waals surface area contributed by atoms with Crippen LogP contribution in [0.25, 0.3) is 0 Å². The number of benzene rings is 1. The molecule has 1 fully saturated rings. The van der Waals surface area contributed by atoms with Crippen molar-refractivity contribution in [3.8, 4) is 0 Å². The van der Waals surface area contributed by atoms with E-state index in [9.17, 15) is 22.0 Å². The lowest BCUT2D eigenvalue weighted by Crippen LogP contribution is -2.33. The van der Waals surface area contributed by atoms with Gasteiger partial charge in [-0.15, -0.1) is 0 Å². The van der Waals surface area contributed by atoms with Gasteiger partial charge in [0.25, 0.3) is 10.0 Å². The third kappa shape index (κ3) is 3.51. The van der Waals surface area contributed by atoms with Crippen LogP contribution in [0.15, 0.2) is 23.1 Å². The van der Waals surface area contributed by atoms with Gasteiger partial charge < -0.3 is 4.74 Å². The first-order valence-corrected chi connectivity index (χ1v) is 7.49. The molecule has 0 aromatic heterocycles. The number of nitrogens with one attached hydrogen (secondary N) is 1. The van der Waals surface area contributed by atoms with Crippen LogP contribution in [0.2, 0.25) is 0 Å². The van der Waals surface area contributed by atoms with Crippen molar-refractivity contribution in [2.75, 3.05) is 6.61 Å². The topological polar surface area (TPSA) is 72.5 Å². The summed E-state index contributed by atoms with van der Waals surface area (Å²) in [5, 5.41) is 0. The predicted molar refractivity (Wildman–Crippen MR) is 65.3 cm³/mol. The van der Waals surface area contributed by atoms with Gasteiger partial charge in [0.1, 0.15) is 16.5 Å². The summed E-state index contributed by atoms with van der Waals surface area (Å²) in [6, 6.07) is 2.02. The van der Waals surface area contributed by atoms with Crippen molar-refractivity contribution in [3.63, 3.8) is 0 Å². The van der Waals surface area contributed by atoms with Crippen LogP contribution in [0.4, 0.5) is 8.78 Å². The van der Waals surface area contributed by atoms with E-state index in [1.54, 1.807) is 4.72 Å². The van der Waals surface area contributed by atoms with Crippen LogP contribution in [-0.2, 0) is 19.6 Å². The van der Waals surface area contributed by atoms with Gasteiger partial charge in [0.05, 0.1) is 12.5 Å². The zero-order valence-corrected chi connectivity index (χ0v) is 11.3. The Morgan fingerprint density at radius 2 is 2.15 bits per heavy atom. The molecule has 5 nitrogen and oxygen atoms in total. The Morgan fingerprint density at radius 1 is 1.40 bits per heavy atom. The molecular formula is C12H13F2NO4S. The van der Waals surface area contributed by atoms with Gasteiger partial charge in [-0.1, -0.05) is 0 Å². The molecule has 0 unspecified atom stereocenters. The summed E-state index contributed by atoms with van der Waals surface area (Å²) in [5.74, 6) is -2.92. The minimum atomic E-state index is -4.35. The van der Waals surface area contributed by atoms with Gasteiger partial charge in [0.15, 0.2) is 0 Å². The molecule has 1 saturated heterocycles. The van der Waals surface area contributed by atoms with E-state index in [1.807, 2.05) is 0 Å². The van der Waals surface area contributed by atoms with E-state index >= 15 is 0 Å². The maximum atomic E-state index is 13.4. The van der Waals surface area contributed by atoms with Gasteiger partial charge in [-0.3, -0.25) is 4.79 Å². The second kappa shape index (κ2) is 5.84. The van der Waals surface area contributed by atoms with Crippen LogP contribution < -0.4 is 4.72 Å². The fourth-order valence-electron chi connectivity index (χ4n) is 1.95. The van der Waals surface area contributed by atoms with Crippen molar-refractivity contribution >= 4 is 15.9 Å². The Morgan fingerprint density at radius 3 is 2.75 bits per heavy atom. The lowest BCUT2D eigenvalue weighted by Gasteiger charge is -2.10. The number of sulfonamides is 1. The molecule has 20 heavy (non-hydrogen) atoms. The van der Waals surface area contributed by atoms with E-state index in [4.69, 9.17) is 4.74 Å². The number of ether oxygens (including phenoxy) is 1. The van der Waals surface area contributed by atoms with E-state index < -0.39 is 32.5 Å². The summed E-state index contributed by atoms with van der Waals surface area (Å²) in [4.78, 5) is 10.8. The molecule has 2 rings (SSSR count). The molecule has 0 bridgehead atoms. The Balaban J connectivity index is 2.08. The molecule has 1 N–H and O–H groups in total. The number of hydrogen-bond donors (Lipinski definition) is 1. The van der Waals surface area contributed by atoms with E-state index in [-0.39, 0.29) is 12.5 Å². The highest BCUT2D eigenvalue weighted by Gasteiger charge is 2.25. The first-order chi connectivity index (χ1) is 9.38. The molecule has 1 amide bonds. The Hall–Kier alpha value is -1.54. The SMILES string of the molecule is O=C(C[C@@H]1CCCO1)NS(=O)(=O)c1ccc(F)cc1F. The number of carbonyl (C=O) groups is 1. The van der Waals surface area contributed by atoms with Gasteiger partial charge in [-0.05, 0) is 25.0 Å². The summed E-state index contributed by atoms with van der Waals surface area (Å²) < 4.78 is 56.7. The summed E-state index contributed by atoms with van der Waals surface area (Å²) in [7, 11) is -4.35. The van der Waals surface area contributed by atoms with Gasteiger partial charge in [-0.2, -0.15) is 0 Å². The monoisotopic (exact) mass is 305 g/mol. The number of hydrogen-bond acceptors (Lipinski definition) is 4. The van der Waals surface area contributed by atoms with Crippen molar-refractivity contribution in [1.29, 1.82) is 0 Å². The quantitative estimate of drug-likeness (QED) is 0.911. The van der Waals surface area contributed by atoms with Crippen LogP contribution in [0, 0.1) is 11.6 Å². The second-order valence-electron chi connectivity index (χ2n) is 4.44. The van der Waals surface area contributed by atoms with Crippen LogP contribution in [0.3, 0.4) is 0 Å². The predicted octanol–water partition coefficient (Wildman–Crippen LogP) is 1.34. The fraction of sp³-hybridized carbons (Fsp3) is 0.417. The molecule has 0 radical (unpaired) electrons. The van der Waals surface area contributed by atoms with Crippen LogP contribution in [0.1, 0.15) is 19.3 Å². The first-order valence-electron chi connectivity index (χ1n) is 6.01. The van der Waals surface area contributed by atoms with Crippen molar-refractivity contribution in [2.45, 2.75) is 30.3 Å². The van der Waals surface area contributed by atoms with Crippen molar-refractivity contribution in [1.82, 2.24) is 4.72 Å². The number of halogens is 2. The number of carbonyl (C=O) groups excluding carboxylic acids is 1. The third-order valence-electron chi connectivity index (χ3n) is 2.87. The fourth-order valence-corrected chi connectivity index (χ4v) is 3.01. The highest BCUT2D eigenvalue weighted by Crippen LogP contribution is 2.17. The molecule has 1 atom stereocenters. The largest absolute Gasteiger partial charge is 0.378 e.